The summed E-state index contributed by atoms with van der Waals surface area (Å²) in [6.45, 7) is 0. The highest BCUT2D eigenvalue weighted by molar-refractivity contribution is 5.80. The molecule has 0 radical (unpaired) electrons. The molecule has 1 aromatic heterocycles. The van der Waals surface area contributed by atoms with E-state index in [4.69, 9.17) is 0 Å². The molecule has 0 aliphatic heterocycles. The van der Waals surface area contributed by atoms with Crippen molar-refractivity contribution in [2.75, 3.05) is 12.1 Å². The van der Waals surface area contributed by atoms with Crippen molar-refractivity contribution in [1.82, 2.24) is 4.98 Å². The number of aromatic nitrogens is 1. The highest BCUT2D eigenvalue weighted by atomic mass is 15.5. The molecule has 0 aliphatic rings. The molecule has 2 rings (SSSR count). The van der Waals surface area contributed by atoms with Crippen LogP contribution >= 0.6 is 0 Å². The van der Waals surface area contributed by atoms with Crippen LogP contribution in [0.3, 0.4) is 0 Å². The number of rotatable bonds is 3. The molecular weight excluding hydrogens is 198 g/mol. The van der Waals surface area contributed by atoms with Gasteiger partial charge in [-0.3, -0.25) is 5.01 Å². The fraction of sp³-hybridized carbons (Fsp3) is 0.0769. The minimum absolute atomic E-state index is 0.828. The van der Waals surface area contributed by atoms with E-state index >= 15 is 0 Å². The second-order valence-electron chi connectivity index (χ2n) is 3.37. The third kappa shape index (κ3) is 2.67. The number of pyridine rings is 1. The molecule has 0 fully saturated rings. The van der Waals surface area contributed by atoms with E-state index in [1.165, 1.54) is 0 Å². The lowest BCUT2D eigenvalue weighted by Crippen LogP contribution is -2.10. The number of benzene rings is 1. The molecule has 0 saturated heterocycles. The topological polar surface area (TPSA) is 28.5 Å². The van der Waals surface area contributed by atoms with Crippen molar-refractivity contribution in [2.45, 2.75) is 0 Å². The quantitative estimate of drug-likeness (QED) is 0.576. The van der Waals surface area contributed by atoms with Crippen LogP contribution in [0.5, 0.6) is 0 Å². The third-order valence-corrected chi connectivity index (χ3v) is 2.16. The van der Waals surface area contributed by atoms with Gasteiger partial charge in [0, 0.05) is 13.2 Å². The fourth-order valence-electron chi connectivity index (χ4n) is 1.30. The average molecular weight is 211 g/mol. The number of hydrazone groups is 1. The lowest BCUT2D eigenvalue weighted by Gasteiger charge is -2.10. The van der Waals surface area contributed by atoms with Crippen LogP contribution in [0, 0.1) is 0 Å². The van der Waals surface area contributed by atoms with Gasteiger partial charge < -0.3 is 0 Å². The molecule has 1 aromatic carbocycles. The zero-order chi connectivity index (χ0) is 11.2. The van der Waals surface area contributed by atoms with E-state index < -0.39 is 0 Å². The van der Waals surface area contributed by atoms with Gasteiger partial charge in [-0.15, -0.1) is 0 Å². The minimum atomic E-state index is 0.828. The summed E-state index contributed by atoms with van der Waals surface area (Å²) < 4.78 is 0. The zero-order valence-electron chi connectivity index (χ0n) is 9.12. The molecule has 0 unspecified atom stereocenters. The predicted octanol–water partition coefficient (Wildman–Crippen LogP) is 2.55. The fourth-order valence-corrected chi connectivity index (χ4v) is 1.30. The summed E-state index contributed by atoms with van der Waals surface area (Å²) in [7, 11) is 1.88. The van der Waals surface area contributed by atoms with Gasteiger partial charge in [-0.05, 0) is 17.7 Å². The van der Waals surface area contributed by atoms with Crippen molar-refractivity contribution in [3.05, 3.63) is 60.3 Å². The lowest BCUT2D eigenvalue weighted by atomic mass is 10.2. The molecule has 0 spiro atoms. The van der Waals surface area contributed by atoms with Crippen LogP contribution in [-0.2, 0) is 0 Å². The molecule has 0 saturated carbocycles. The van der Waals surface area contributed by atoms with E-state index in [2.05, 4.69) is 10.1 Å². The molecule has 0 atom stereocenters. The number of anilines is 1. The maximum Gasteiger partial charge on any atom is 0.148 e. The maximum atomic E-state index is 4.31. The minimum Gasteiger partial charge on any atom is -0.251 e. The van der Waals surface area contributed by atoms with Crippen LogP contribution in [-0.4, -0.2) is 18.2 Å². The van der Waals surface area contributed by atoms with Crippen LogP contribution in [0.15, 0.2) is 59.8 Å². The summed E-state index contributed by atoms with van der Waals surface area (Å²) in [5.41, 5.74) is 1.07. The third-order valence-electron chi connectivity index (χ3n) is 2.16. The van der Waals surface area contributed by atoms with E-state index in [0.717, 1.165) is 11.4 Å². The summed E-state index contributed by atoms with van der Waals surface area (Å²) >= 11 is 0. The van der Waals surface area contributed by atoms with E-state index in [-0.39, 0.29) is 0 Å². The summed E-state index contributed by atoms with van der Waals surface area (Å²) in [5.74, 6) is 0.828. The Hall–Kier alpha value is -2.16. The first kappa shape index (κ1) is 10.4. The first-order chi connectivity index (χ1) is 7.86. The first-order valence-electron chi connectivity index (χ1n) is 5.10. The van der Waals surface area contributed by atoms with Gasteiger partial charge in [0.1, 0.15) is 5.82 Å². The molecule has 0 amide bonds. The zero-order valence-corrected chi connectivity index (χ0v) is 9.12. The molecule has 0 bridgehead atoms. The van der Waals surface area contributed by atoms with E-state index in [9.17, 15) is 0 Å². The second kappa shape index (κ2) is 5.07. The largest absolute Gasteiger partial charge is 0.251 e. The summed E-state index contributed by atoms with van der Waals surface area (Å²) in [6, 6.07) is 15.7. The Kier molecular flexibility index (Phi) is 3.28. The van der Waals surface area contributed by atoms with Gasteiger partial charge in [-0.2, -0.15) is 5.10 Å². The van der Waals surface area contributed by atoms with Gasteiger partial charge in [0.05, 0.1) is 6.21 Å². The Bertz CT molecular complexity index is 451. The summed E-state index contributed by atoms with van der Waals surface area (Å²) in [4.78, 5) is 4.20. The second-order valence-corrected chi connectivity index (χ2v) is 3.37. The normalized spacial score (nSPS) is 10.6. The van der Waals surface area contributed by atoms with Crippen molar-refractivity contribution in [2.24, 2.45) is 5.10 Å². The lowest BCUT2D eigenvalue weighted by molar-refractivity contribution is 0.983. The van der Waals surface area contributed by atoms with E-state index in [0.29, 0.717) is 0 Å². The maximum absolute atomic E-state index is 4.31. The smallest absolute Gasteiger partial charge is 0.148 e. The molecule has 3 heteroatoms. The molecular formula is C13H13N3. The van der Waals surface area contributed by atoms with Crippen LogP contribution < -0.4 is 5.01 Å². The van der Waals surface area contributed by atoms with E-state index in [1.54, 1.807) is 11.2 Å². The SMILES string of the molecule is CN(N=Cc1ccccc1)c1ccccn1. The molecule has 0 N–H and O–H groups in total. The Morgan fingerprint density at radius 2 is 1.81 bits per heavy atom. The molecule has 2 aromatic rings. The Morgan fingerprint density at radius 3 is 2.50 bits per heavy atom. The van der Waals surface area contributed by atoms with Crippen LogP contribution in [0.1, 0.15) is 5.56 Å². The van der Waals surface area contributed by atoms with Gasteiger partial charge in [0.15, 0.2) is 0 Å². The van der Waals surface area contributed by atoms with Gasteiger partial charge in [-0.1, -0.05) is 36.4 Å². The highest BCUT2D eigenvalue weighted by Gasteiger charge is 1.96. The highest BCUT2D eigenvalue weighted by Crippen LogP contribution is 2.06. The Morgan fingerprint density at radius 1 is 1.06 bits per heavy atom. The van der Waals surface area contributed by atoms with Crippen LogP contribution in [0.25, 0.3) is 0 Å². The Balaban J connectivity index is 2.08. The van der Waals surface area contributed by atoms with Gasteiger partial charge in [0.25, 0.3) is 0 Å². The van der Waals surface area contributed by atoms with Crippen molar-refractivity contribution in [3.8, 4) is 0 Å². The van der Waals surface area contributed by atoms with Gasteiger partial charge in [-0.25, -0.2) is 4.98 Å². The molecule has 80 valence electrons. The standard InChI is InChI=1S/C13H13N3/c1-16(13-9-5-6-10-14-13)15-11-12-7-3-2-4-8-12/h2-11H,1H3. The molecule has 0 aliphatic carbocycles. The number of hydrogen-bond acceptors (Lipinski definition) is 3. The van der Waals surface area contributed by atoms with Crippen molar-refractivity contribution in [3.63, 3.8) is 0 Å². The summed E-state index contributed by atoms with van der Waals surface area (Å²) in [5, 5.41) is 6.05. The average Bonchev–Trinajstić information content (AvgIpc) is 2.38. The van der Waals surface area contributed by atoms with Gasteiger partial charge >= 0.3 is 0 Å². The van der Waals surface area contributed by atoms with Crippen molar-refractivity contribution >= 4 is 12.0 Å². The number of hydrogen-bond donors (Lipinski definition) is 0. The molecule has 1 heterocycles. The van der Waals surface area contributed by atoms with Crippen LogP contribution in [0.4, 0.5) is 5.82 Å². The monoisotopic (exact) mass is 211 g/mol. The van der Waals surface area contributed by atoms with E-state index in [1.807, 2.05) is 61.8 Å². The molecule has 3 nitrogen and oxygen atoms in total. The molecule has 16 heavy (non-hydrogen) atoms. The predicted molar refractivity (Wildman–Crippen MR) is 66.7 cm³/mol. The van der Waals surface area contributed by atoms with Crippen LogP contribution in [0.2, 0.25) is 0 Å². The van der Waals surface area contributed by atoms with Gasteiger partial charge in [0.2, 0.25) is 0 Å². The van der Waals surface area contributed by atoms with Crippen molar-refractivity contribution < 1.29 is 0 Å². The Labute approximate surface area is 95.1 Å². The summed E-state index contributed by atoms with van der Waals surface area (Å²) in [6.07, 6.45) is 3.57. The first-order valence-corrected chi connectivity index (χ1v) is 5.10. The van der Waals surface area contributed by atoms with Crippen molar-refractivity contribution in [1.29, 1.82) is 0 Å². The number of nitrogens with zero attached hydrogens (tertiary/aromatic N) is 3.